The second kappa shape index (κ2) is 2.41. The van der Waals surface area contributed by atoms with Gasteiger partial charge in [-0.25, -0.2) is 0 Å². The molecule has 66 valence electrons. The number of nitrogens with zero attached hydrogens (tertiary/aromatic N) is 4. The highest BCUT2D eigenvalue weighted by atomic mass is 16.2. The van der Waals surface area contributed by atoms with Crippen molar-refractivity contribution in [2.45, 2.75) is 0 Å². The van der Waals surface area contributed by atoms with Gasteiger partial charge in [0.25, 0.3) is 5.91 Å². The van der Waals surface area contributed by atoms with Crippen molar-refractivity contribution in [3.63, 3.8) is 0 Å². The summed E-state index contributed by atoms with van der Waals surface area (Å²) in [5.74, 6) is -0.307. The topological polar surface area (TPSA) is 67.6 Å². The first-order valence-electron chi connectivity index (χ1n) is 4.06. The van der Waals surface area contributed by atoms with Gasteiger partial charge >= 0.3 is 0 Å². The maximum atomic E-state index is 11.4. The Kier molecular flexibility index (Phi) is 1.25. The van der Waals surface area contributed by atoms with Crippen molar-refractivity contribution in [2.24, 2.45) is 10.2 Å². The summed E-state index contributed by atoms with van der Waals surface area (Å²) >= 11 is 0. The molecule has 14 heavy (non-hydrogen) atoms. The largest absolute Gasteiger partial charge is 0.298 e. The highest BCUT2D eigenvalue weighted by Crippen LogP contribution is 2.32. The van der Waals surface area contributed by atoms with E-state index >= 15 is 0 Å². The number of hydrogen-bond donors (Lipinski definition) is 0. The number of fused-ring (bicyclic) bond motifs is 3. The Morgan fingerprint density at radius 1 is 1.00 bits per heavy atom. The van der Waals surface area contributed by atoms with Gasteiger partial charge in [0, 0.05) is 10.8 Å². The van der Waals surface area contributed by atoms with Crippen molar-refractivity contribution in [1.29, 1.82) is 0 Å². The fourth-order valence-corrected chi connectivity index (χ4v) is 1.52. The molecule has 0 bridgehead atoms. The SMILES string of the molecule is O=C1N=Nc2ccc3cnncc3c21. The zero-order valence-corrected chi connectivity index (χ0v) is 7.01. The first-order chi connectivity index (χ1) is 6.86. The molecule has 0 aliphatic carbocycles. The molecule has 0 radical (unpaired) electrons. The molecule has 2 aromatic rings. The zero-order chi connectivity index (χ0) is 9.54. The lowest BCUT2D eigenvalue weighted by molar-refractivity contribution is 0.100. The van der Waals surface area contributed by atoms with Crippen molar-refractivity contribution < 1.29 is 4.79 Å². The molecule has 1 aliphatic rings. The number of benzene rings is 1. The molecule has 0 atom stereocenters. The molecule has 0 spiro atoms. The first kappa shape index (κ1) is 7.25. The minimum absolute atomic E-state index is 0.307. The van der Waals surface area contributed by atoms with Crippen LogP contribution in [0.2, 0.25) is 0 Å². The van der Waals surface area contributed by atoms with E-state index in [1.54, 1.807) is 18.5 Å². The molecule has 0 saturated carbocycles. The average Bonchev–Trinajstić information content (AvgIpc) is 2.61. The number of hydrogen-bond acceptors (Lipinski definition) is 4. The molecule has 1 aromatic heterocycles. The summed E-state index contributed by atoms with van der Waals surface area (Å²) < 4.78 is 0. The molecule has 1 amide bonds. The van der Waals surface area contributed by atoms with Crippen LogP contribution in [0.4, 0.5) is 5.69 Å². The Morgan fingerprint density at radius 3 is 2.79 bits per heavy atom. The second-order valence-electron chi connectivity index (χ2n) is 2.96. The van der Waals surface area contributed by atoms with Crippen molar-refractivity contribution in [1.82, 2.24) is 10.2 Å². The molecule has 0 N–H and O–H groups in total. The van der Waals surface area contributed by atoms with Crippen LogP contribution >= 0.6 is 0 Å². The van der Waals surface area contributed by atoms with Gasteiger partial charge in [-0.15, -0.1) is 10.2 Å². The molecule has 0 saturated heterocycles. The second-order valence-corrected chi connectivity index (χ2v) is 2.96. The molecule has 3 rings (SSSR count). The maximum Gasteiger partial charge on any atom is 0.298 e. The van der Waals surface area contributed by atoms with E-state index < -0.39 is 0 Å². The Balaban J connectivity index is 2.50. The summed E-state index contributed by atoms with van der Waals surface area (Å²) in [5, 5.41) is 16.4. The number of carbonyl (C=O) groups is 1. The van der Waals surface area contributed by atoms with Crippen LogP contribution in [0.3, 0.4) is 0 Å². The minimum Gasteiger partial charge on any atom is -0.265 e. The van der Waals surface area contributed by atoms with E-state index in [1.165, 1.54) is 0 Å². The van der Waals surface area contributed by atoms with E-state index in [2.05, 4.69) is 20.4 Å². The van der Waals surface area contributed by atoms with E-state index in [0.717, 1.165) is 10.8 Å². The number of rotatable bonds is 0. The molecule has 0 fully saturated rings. The van der Waals surface area contributed by atoms with E-state index in [-0.39, 0.29) is 5.91 Å². The third kappa shape index (κ3) is 0.806. The van der Waals surface area contributed by atoms with Crippen molar-refractivity contribution in [2.75, 3.05) is 0 Å². The van der Waals surface area contributed by atoms with Crippen LogP contribution in [-0.2, 0) is 0 Å². The quantitative estimate of drug-likeness (QED) is 0.627. The fraction of sp³-hybridized carbons (Fsp3) is 0. The lowest BCUT2D eigenvalue weighted by atomic mass is 10.1. The molecule has 1 aromatic carbocycles. The third-order valence-electron chi connectivity index (χ3n) is 2.17. The van der Waals surface area contributed by atoms with E-state index in [4.69, 9.17) is 0 Å². The summed E-state index contributed by atoms with van der Waals surface area (Å²) in [6.07, 6.45) is 3.17. The van der Waals surface area contributed by atoms with Crippen LogP contribution in [0, 0.1) is 0 Å². The first-order valence-corrected chi connectivity index (χ1v) is 4.06. The van der Waals surface area contributed by atoms with Gasteiger partial charge in [0.15, 0.2) is 0 Å². The average molecular weight is 184 g/mol. The van der Waals surface area contributed by atoms with Crippen LogP contribution in [0.15, 0.2) is 34.8 Å². The molecular formula is C9H4N4O. The van der Waals surface area contributed by atoms with Gasteiger partial charge in [0.1, 0.15) is 0 Å². The fourth-order valence-electron chi connectivity index (χ4n) is 1.52. The molecule has 2 heterocycles. The van der Waals surface area contributed by atoms with Crippen molar-refractivity contribution in [3.05, 3.63) is 30.1 Å². The van der Waals surface area contributed by atoms with E-state index in [1.807, 2.05) is 6.07 Å². The Bertz CT molecular complexity index is 576. The van der Waals surface area contributed by atoms with Crippen molar-refractivity contribution in [3.8, 4) is 0 Å². The van der Waals surface area contributed by atoms with E-state index in [0.29, 0.717) is 11.3 Å². The predicted molar refractivity (Wildman–Crippen MR) is 48.4 cm³/mol. The normalized spacial score (nSPS) is 13.6. The monoisotopic (exact) mass is 184 g/mol. The summed E-state index contributed by atoms with van der Waals surface area (Å²) in [7, 11) is 0. The molecule has 1 aliphatic heterocycles. The van der Waals surface area contributed by atoms with Gasteiger partial charge in [-0.1, -0.05) is 6.07 Å². The smallest absolute Gasteiger partial charge is 0.265 e. The van der Waals surface area contributed by atoms with Crippen LogP contribution in [0.5, 0.6) is 0 Å². The van der Waals surface area contributed by atoms with Gasteiger partial charge in [0.05, 0.1) is 23.6 Å². The summed E-state index contributed by atoms with van der Waals surface area (Å²) in [6, 6.07) is 3.61. The number of amides is 1. The highest BCUT2D eigenvalue weighted by molar-refractivity contribution is 6.12. The van der Waals surface area contributed by atoms with Crippen LogP contribution in [-0.4, -0.2) is 16.1 Å². The Labute approximate surface area is 78.5 Å². The molecule has 0 unspecified atom stereocenters. The van der Waals surface area contributed by atoms with Crippen LogP contribution in [0.25, 0.3) is 10.8 Å². The van der Waals surface area contributed by atoms with Crippen LogP contribution < -0.4 is 0 Å². The summed E-state index contributed by atoms with van der Waals surface area (Å²) in [6.45, 7) is 0. The number of aromatic nitrogens is 2. The van der Waals surface area contributed by atoms with Crippen molar-refractivity contribution >= 4 is 22.4 Å². The zero-order valence-electron chi connectivity index (χ0n) is 7.01. The molecular weight excluding hydrogens is 180 g/mol. The lowest BCUT2D eigenvalue weighted by Gasteiger charge is -1.98. The number of azo groups is 1. The predicted octanol–water partition coefficient (Wildman–Crippen LogP) is 1.87. The van der Waals surface area contributed by atoms with Crippen LogP contribution in [0.1, 0.15) is 10.4 Å². The Hall–Kier alpha value is -2.17. The minimum atomic E-state index is -0.307. The van der Waals surface area contributed by atoms with E-state index in [9.17, 15) is 4.79 Å². The third-order valence-corrected chi connectivity index (χ3v) is 2.17. The molecule has 5 heteroatoms. The van der Waals surface area contributed by atoms with Gasteiger partial charge < -0.3 is 0 Å². The standard InChI is InChI=1S/C9H4N4O/c14-9-8-6-4-11-10-3-5(6)1-2-7(8)12-13-9/h1-4H. The highest BCUT2D eigenvalue weighted by Gasteiger charge is 2.20. The van der Waals surface area contributed by atoms with Gasteiger partial charge in [-0.3, -0.25) is 4.79 Å². The lowest BCUT2D eigenvalue weighted by Crippen LogP contribution is -1.92. The van der Waals surface area contributed by atoms with Gasteiger partial charge in [-0.05, 0) is 6.07 Å². The van der Waals surface area contributed by atoms with Gasteiger partial charge in [0.2, 0.25) is 0 Å². The summed E-state index contributed by atoms with van der Waals surface area (Å²) in [5.41, 5.74) is 1.13. The summed E-state index contributed by atoms with van der Waals surface area (Å²) in [4.78, 5) is 11.4. The Morgan fingerprint density at radius 2 is 1.86 bits per heavy atom. The maximum absolute atomic E-state index is 11.4. The molecule has 5 nitrogen and oxygen atoms in total. The number of carbonyl (C=O) groups excluding carboxylic acids is 1. The van der Waals surface area contributed by atoms with Gasteiger partial charge in [-0.2, -0.15) is 10.2 Å².